The van der Waals surface area contributed by atoms with Crippen LogP contribution in [0.4, 0.5) is 0 Å². The Morgan fingerprint density at radius 2 is 2.12 bits per heavy atom. The summed E-state index contributed by atoms with van der Waals surface area (Å²) in [6.45, 7) is 6.00. The lowest BCUT2D eigenvalue weighted by atomic mass is 10.0. The van der Waals surface area contributed by atoms with Crippen molar-refractivity contribution < 1.29 is 4.79 Å². The molecule has 4 heteroatoms. The van der Waals surface area contributed by atoms with Crippen molar-refractivity contribution in [3.05, 3.63) is 34.3 Å². The minimum absolute atomic E-state index is 0.379. The van der Waals surface area contributed by atoms with Gasteiger partial charge in [0.25, 0.3) is 0 Å². The number of primary amides is 1. The molecule has 0 saturated heterocycles. The largest absolute Gasteiger partial charge is 0.368 e. The average Bonchev–Trinajstić information content (AvgIpc) is 2.16. The molecule has 3 nitrogen and oxygen atoms in total. The number of aryl methyl sites for hydroxylation is 1. The Morgan fingerprint density at radius 1 is 1.50 bits per heavy atom. The topological polar surface area (TPSA) is 55.1 Å². The van der Waals surface area contributed by atoms with Crippen LogP contribution < -0.4 is 11.1 Å². The van der Waals surface area contributed by atoms with Crippen molar-refractivity contribution in [3.8, 4) is 0 Å². The highest BCUT2D eigenvalue weighted by Gasteiger charge is 2.23. The van der Waals surface area contributed by atoms with Crippen molar-refractivity contribution in [2.24, 2.45) is 5.73 Å². The van der Waals surface area contributed by atoms with Gasteiger partial charge in [0, 0.05) is 11.6 Å². The first-order valence-corrected chi connectivity index (χ1v) is 5.50. The van der Waals surface area contributed by atoms with E-state index >= 15 is 0 Å². The summed E-state index contributed by atoms with van der Waals surface area (Å²) in [7, 11) is 0. The van der Waals surface area contributed by atoms with Gasteiger partial charge in [-0.3, -0.25) is 10.1 Å². The van der Waals surface area contributed by atoms with Crippen molar-refractivity contribution in [2.45, 2.75) is 32.9 Å². The average molecular weight is 241 g/mol. The molecule has 0 fully saturated rings. The lowest BCUT2D eigenvalue weighted by Crippen LogP contribution is -2.50. The Balaban J connectivity index is 2.72. The molecule has 0 aliphatic heterocycles. The number of benzene rings is 1. The maximum atomic E-state index is 11.1. The second-order valence-electron chi connectivity index (χ2n) is 4.44. The number of hydrogen-bond acceptors (Lipinski definition) is 2. The van der Waals surface area contributed by atoms with Crippen LogP contribution in [-0.2, 0) is 11.3 Å². The first-order chi connectivity index (χ1) is 7.33. The Bertz CT molecular complexity index is 402. The first-order valence-electron chi connectivity index (χ1n) is 5.13. The summed E-state index contributed by atoms with van der Waals surface area (Å²) < 4.78 is 0. The van der Waals surface area contributed by atoms with Crippen LogP contribution in [0.15, 0.2) is 18.2 Å². The quantitative estimate of drug-likeness (QED) is 0.846. The Morgan fingerprint density at radius 3 is 2.62 bits per heavy atom. The number of nitrogens with two attached hydrogens (primary N) is 1. The van der Waals surface area contributed by atoms with Crippen LogP contribution in [0.5, 0.6) is 0 Å². The summed E-state index contributed by atoms with van der Waals surface area (Å²) in [5.74, 6) is -0.379. The van der Waals surface area contributed by atoms with E-state index in [1.165, 1.54) is 0 Å². The summed E-state index contributed by atoms with van der Waals surface area (Å²) in [5, 5.41) is 3.78. The van der Waals surface area contributed by atoms with Gasteiger partial charge in [0.2, 0.25) is 5.91 Å². The summed E-state index contributed by atoms with van der Waals surface area (Å²) in [5.41, 5.74) is 6.61. The molecule has 0 spiro atoms. The monoisotopic (exact) mass is 240 g/mol. The molecule has 3 N–H and O–H groups in total. The molecule has 0 aromatic heterocycles. The fourth-order valence-electron chi connectivity index (χ4n) is 1.20. The van der Waals surface area contributed by atoms with E-state index in [4.69, 9.17) is 17.3 Å². The van der Waals surface area contributed by atoms with E-state index in [1.807, 2.05) is 25.1 Å². The van der Waals surface area contributed by atoms with Gasteiger partial charge in [-0.1, -0.05) is 23.7 Å². The number of carbonyl (C=O) groups is 1. The van der Waals surface area contributed by atoms with Crippen molar-refractivity contribution in [1.82, 2.24) is 5.32 Å². The molecule has 1 amide bonds. The van der Waals surface area contributed by atoms with Gasteiger partial charge >= 0.3 is 0 Å². The van der Waals surface area contributed by atoms with E-state index in [1.54, 1.807) is 13.8 Å². The molecule has 1 aromatic rings. The lowest BCUT2D eigenvalue weighted by molar-refractivity contribution is -0.123. The van der Waals surface area contributed by atoms with Gasteiger partial charge in [-0.25, -0.2) is 0 Å². The fraction of sp³-hybridized carbons (Fsp3) is 0.417. The Kier molecular flexibility index (Phi) is 3.94. The molecule has 1 rings (SSSR count). The second-order valence-corrected chi connectivity index (χ2v) is 4.84. The van der Waals surface area contributed by atoms with Crippen LogP contribution in [0.25, 0.3) is 0 Å². The number of amides is 1. The van der Waals surface area contributed by atoms with Gasteiger partial charge in [0.1, 0.15) is 0 Å². The zero-order valence-corrected chi connectivity index (χ0v) is 10.6. The zero-order valence-electron chi connectivity index (χ0n) is 9.80. The molecule has 88 valence electrons. The van der Waals surface area contributed by atoms with Crippen LogP contribution in [0.1, 0.15) is 25.0 Å². The van der Waals surface area contributed by atoms with Gasteiger partial charge in [0.05, 0.1) is 5.54 Å². The van der Waals surface area contributed by atoms with E-state index in [0.717, 1.165) is 11.1 Å². The Hall–Kier alpha value is -1.06. The van der Waals surface area contributed by atoms with Crippen molar-refractivity contribution in [3.63, 3.8) is 0 Å². The SMILES string of the molecule is Cc1ccc(CNC(C)(C)C(N)=O)c(Cl)c1. The van der Waals surface area contributed by atoms with Crippen LogP contribution >= 0.6 is 11.6 Å². The van der Waals surface area contributed by atoms with Crippen LogP contribution in [-0.4, -0.2) is 11.4 Å². The van der Waals surface area contributed by atoms with Gasteiger partial charge in [-0.15, -0.1) is 0 Å². The highest BCUT2D eigenvalue weighted by Crippen LogP contribution is 2.18. The van der Waals surface area contributed by atoms with Crippen molar-refractivity contribution in [2.75, 3.05) is 0 Å². The minimum Gasteiger partial charge on any atom is -0.368 e. The van der Waals surface area contributed by atoms with E-state index in [0.29, 0.717) is 11.6 Å². The van der Waals surface area contributed by atoms with E-state index in [2.05, 4.69) is 5.32 Å². The highest BCUT2D eigenvalue weighted by atomic mass is 35.5. The van der Waals surface area contributed by atoms with Crippen LogP contribution in [0, 0.1) is 6.92 Å². The molecular formula is C12H17ClN2O. The molecule has 16 heavy (non-hydrogen) atoms. The maximum Gasteiger partial charge on any atom is 0.237 e. The molecule has 0 bridgehead atoms. The molecule has 0 radical (unpaired) electrons. The normalized spacial score (nSPS) is 11.5. The van der Waals surface area contributed by atoms with Gasteiger partial charge in [0.15, 0.2) is 0 Å². The number of hydrogen-bond donors (Lipinski definition) is 2. The van der Waals surface area contributed by atoms with E-state index in [-0.39, 0.29) is 5.91 Å². The third kappa shape index (κ3) is 3.22. The molecule has 0 aliphatic rings. The zero-order chi connectivity index (χ0) is 12.3. The predicted octanol–water partition coefficient (Wildman–Crippen LogP) is 2.00. The van der Waals surface area contributed by atoms with E-state index < -0.39 is 5.54 Å². The Labute approximate surface area is 101 Å². The number of nitrogens with one attached hydrogen (secondary N) is 1. The van der Waals surface area contributed by atoms with Gasteiger partial charge in [-0.05, 0) is 38.0 Å². The summed E-state index contributed by atoms with van der Waals surface area (Å²) >= 11 is 6.08. The predicted molar refractivity (Wildman–Crippen MR) is 66.3 cm³/mol. The summed E-state index contributed by atoms with van der Waals surface area (Å²) in [6.07, 6.45) is 0. The minimum atomic E-state index is -0.728. The van der Waals surface area contributed by atoms with Crippen molar-refractivity contribution in [1.29, 1.82) is 0 Å². The smallest absolute Gasteiger partial charge is 0.237 e. The molecule has 0 saturated carbocycles. The maximum absolute atomic E-state index is 11.1. The van der Waals surface area contributed by atoms with Gasteiger partial charge < -0.3 is 5.73 Å². The molecule has 0 heterocycles. The van der Waals surface area contributed by atoms with Gasteiger partial charge in [-0.2, -0.15) is 0 Å². The van der Waals surface area contributed by atoms with Crippen LogP contribution in [0.3, 0.4) is 0 Å². The molecular weight excluding hydrogens is 224 g/mol. The number of halogens is 1. The molecule has 0 aliphatic carbocycles. The molecule has 1 aromatic carbocycles. The lowest BCUT2D eigenvalue weighted by Gasteiger charge is -2.22. The third-order valence-electron chi connectivity index (χ3n) is 2.55. The highest BCUT2D eigenvalue weighted by molar-refractivity contribution is 6.31. The second kappa shape index (κ2) is 4.85. The number of carbonyl (C=O) groups excluding carboxylic acids is 1. The third-order valence-corrected chi connectivity index (χ3v) is 2.90. The number of rotatable bonds is 4. The molecule has 0 atom stereocenters. The molecule has 0 unspecified atom stereocenters. The van der Waals surface area contributed by atoms with E-state index in [9.17, 15) is 4.79 Å². The standard InChI is InChI=1S/C12H17ClN2O/c1-8-4-5-9(10(13)6-8)7-15-12(2,3)11(14)16/h4-6,15H,7H2,1-3H3,(H2,14,16). The first kappa shape index (κ1) is 13.0. The van der Waals surface area contributed by atoms with Crippen molar-refractivity contribution >= 4 is 17.5 Å². The summed E-state index contributed by atoms with van der Waals surface area (Å²) in [4.78, 5) is 11.1. The fourth-order valence-corrected chi connectivity index (χ4v) is 1.50. The summed E-state index contributed by atoms with van der Waals surface area (Å²) in [6, 6.07) is 5.83. The van der Waals surface area contributed by atoms with Crippen LogP contribution in [0.2, 0.25) is 5.02 Å².